The highest BCUT2D eigenvalue weighted by molar-refractivity contribution is 7.86. The predicted molar refractivity (Wildman–Crippen MR) is 83.6 cm³/mol. The Kier molecular flexibility index (Phi) is 3.71. The van der Waals surface area contributed by atoms with Gasteiger partial charge in [0.05, 0.1) is 0 Å². The van der Waals surface area contributed by atoms with Crippen molar-refractivity contribution in [3.8, 4) is 0 Å². The molecule has 0 amide bonds. The van der Waals surface area contributed by atoms with E-state index in [1.54, 1.807) is 18.2 Å². The molecule has 4 nitrogen and oxygen atoms in total. The average Bonchev–Trinajstić information content (AvgIpc) is 2.53. The molecule has 0 saturated heterocycles. The monoisotopic (exact) mass is 330 g/mol. The summed E-state index contributed by atoms with van der Waals surface area (Å²) < 4.78 is 45.2. The average molecular weight is 330 g/mol. The maximum absolute atomic E-state index is 13.0. The minimum absolute atomic E-state index is 0.253. The third kappa shape index (κ3) is 2.86. The lowest BCUT2D eigenvalue weighted by Gasteiger charge is -2.09. The number of carbonyl (C=O) groups excluding carboxylic acids is 1. The summed E-state index contributed by atoms with van der Waals surface area (Å²) in [6.07, 6.45) is 0. The fourth-order valence-corrected chi connectivity index (χ4v) is 3.15. The molecule has 0 bridgehead atoms. The summed E-state index contributed by atoms with van der Waals surface area (Å²) in [6, 6.07) is 14.0. The standard InChI is InChI=1S/C17H11FO4S/c18-12-7-5-11(6-8-12)17(19)15-9-10-16(23(20,21)22)14-4-2-1-3-13(14)15/h1-10H,(H,20,21,22). The molecule has 0 fully saturated rings. The lowest BCUT2D eigenvalue weighted by Crippen LogP contribution is -2.05. The normalized spacial score (nSPS) is 11.6. The molecule has 0 aliphatic carbocycles. The van der Waals surface area contributed by atoms with Crippen LogP contribution in [0.15, 0.2) is 65.6 Å². The maximum atomic E-state index is 13.0. The van der Waals surface area contributed by atoms with Crippen molar-refractivity contribution in [2.75, 3.05) is 0 Å². The largest absolute Gasteiger partial charge is 0.295 e. The van der Waals surface area contributed by atoms with Crippen molar-refractivity contribution < 1.29 is 22.2 Å². The fraction of sp³-hybridized carbons (Fsp3) is 0. The van der Waals surface area contributed by atoms with Gasteiger partial charge >= 0.3 is 0 Å². The zero-order valence-corrected chi connectivity index (χ0v) is 12.5. The zero-order chi connectivity index (χ0) is 16.6. The van der Waals surface area contributed by atoms with Crippen LogP contribution in [0.2, 0.25) is 0 Å². The molecule has 0 aliphatic heterocycles. The Morgan fingerprint density at radius 1 is 0.870 bits per heavy atom. The predicted octanol–water partition coefficient (Wildman–Crippen LogP) is 3.46. The van der Waals surface area contributed by atoms with Gasteiger partial charge in [-0.05, 0) is 41.8 Å². The summed E-state index contributed by atoms with van der Waals surface area (Å²) in [7, 11) is -4.40. The van der Waals surface area contributed by atoms with Crippen LogP contribution >= 0.6 is 0 Å². The minimum Gasteiger partial charge on any atom is -0.289 e. The van der Waals surface area contributed by atoms with Crippen LogP contribution in [0.4, 0.5) is 4.39 Å². The van der Waals surface area contributed by atoms with E-state index >= 15 is 0 Å². The van der Waals surface area contributed by atoms with E-state index in [0.717, 1.165) is 0 Å². The third-order valence-corrected chi connectivity index (χ3v) is 4.42. The Morgan fingerprint density at radius 2 is 1.48 bits per heavy atom. The van der Waals surface area contributed by atoms with Gasteiger partial charge in [-0.25, -0.2) is 4.39 Å². The summed E-state index contributed by atoms with van der Waals surface area (Å²) in [4.78, 5) is 12.3. The first-order chi connectivity index (χ1) is 10.9. The maximum Gasteiger partial charge on any atom is 0.295 e. The van der Waals surface area contributed by atoms with Crippen LogP contribution in [0.1, 0.15) is 15.9 Å². The molecule has 0 saturated carbocycles. The summed E-state index contributed by atoms with van der Waals surface area (Å²) in [5.74, 6) is -0.809. The molecule has 23 heavy (non-hydrogen) atoms. The van der Waals surface area contributed by atoms with Crippen molar-refractivity contribution in [1.82, 2.24) is 0 Å². The van der Waals surface area contributed by atoms with Gasteiger partial charge in [-0.1, -0.05) is 24.3 Å². The van der Waals surface area contributed by atoms with Gasteiger partial charge in [-0.2, -0.15) is 8.42 Å². The molecule has 3 aromatic rings. The molecule has 0 radical (unpaired) electrons. The van der Waals surface area contributed by atoms with Gasteiger partial charge in [0, 0.05) is 16.5 Å². The third-order valence-electron chi connectivity index (χ3n) is 3.51. The van der Waals surface area contributed by atoms with Crippen LogP contribution in [-0.2, 0) is 10.1 Å². The number of carbonyl (C=O) groups is 1. The Hall–Kier alpha value is -2.57. The second-order valence-electron chi connectivity index (χ2n) is 4.97. The van der Waals surface area contributed by atoms with E-state index in [1.807, 2.05) is 0 Å². The number of rotatable bonds is 3. The first-order valence-corrected chi connectivity index (χ1v) is 8.11. The molecule has 0 heterocycles. The summed E-state index contributed by atoms with van der Waals surface area (Å²) in [5, 5.41) is 0.653. The van der Waals surface area contributed by atoms with E-state index in [4.69, 9.17) is 0 Å². The van der Waals surface area contributed by atoms with Gasteiger partial charge in [-0.15, -0.1) is 0 Å². The lowest BCUT2D eigenvalue weighted by atomic mass is 9.97. The van der Waals surface area contributed by atoms with Gasteiger partial charge in [0.1, 0.15) is 10.7 Å². The van der Waals surface area contributed by atoms with E-state index in [1.165, 1.54) is 42.5 Å². The highest BCUT2D eigenvalue weighted by Crippen LogP contribution is 2.27. The Labute approximate surface area is 131 Å². The van der Waals surface area contributed by atoms with Crippen LogP contribution in [0, 0.1) is 5.82 Å². The molecule has 6 heteroatoms. The first kappa shape index (κ1) is 15.3. The summed E-state index contributed by atoms with van der Waals surface area (Å²) in [6.45, 7) is 0. The molecule has 0 atom stereocenters. The Bertz CT molecular complexity index is 1010. The lowest BCUT2D eigenvalue weighted by molar-refractivity contribution is 0.104. The van der Waals surface area contributed by atoms with Crippen molar-refractivity contribution >= 4 is 26.7 Å². The highest BCUT2D eigenvalue weighted by atomic mass is 32.2. The molecule has 116 valence electrons. The summed E-state index contributed by atoms with van der Waals surface area (Å²) >= 11 is 0. The van der Waals surface area contributed by atoms with Gasteiger partial charge in [0.15, 0.2) is 5.78 Å². The first-order valence-electron chi connectivity index (χ1n) is 6.67. The van der Waals surface area contributed by atoms with E-state index in [9.17, 15) is 22.2 Å². The van der Waals surface area contributed by atoms with Crippen molar-refractivity contribution in [2.45, 2.75) is 4.90 Å². The van der Waals surface area contributed by atoms with Crippen molar-refractivity contribution in [2.24, 2.45) is 0 Å². The molecule has 1 N–H and O–H groups in total. The smallest absolute Gasteiger partial charge is 0.289 e. The van der Waals surface area contributed by atoms with Crippen LogP contribution in [-0.4, -0.2) is 18.8 Å². The van der Waals surface area contributed by atoms with Crippen molar-refractivity contribution in [3.63, 3.8) is 0 Å². The summed E-state index contributed by atoms with van der Waals surface area (Å²) in [5.41, 5.74) is 0.566. The molecule has 0 unspecified atom stereocenters. The van der Waals surface area contributed by atoms with E-state index in [2.05, 4.69) is 0 Å². The topological polar surface area (TPSA) is 71.4 Å². The molecule has 3 rings (SSSR count). The van der Waals surface area contributed by atoms with Gasteiger partial charge < -0.3 is 0 Å². The molecular weight excluding hydrogens is 319 g/mol. The second-order valence-corrected chi connectivity index (χ2v) is 6.36. The highest BCUT2D eigenvalue weighted by Gasteiger charge is 2.19. The van der Waals surface area contributed by atoms with Crippen molar-refractivity contribution in [3.05, 3.63) is 77.6 Å². The number of halogens is 1. The Balaban J connectivity index is 2.24. The van der Waals surface area contributed by atoms with Gasteiger partial charge in [-0.3, -0.25) is 9.35 Å². The molecule has 3 aromatic carbocycles. The number of hydrogen-bond donors (Lipinski definition) is 1. The SMILES string of the molecule is O=C(c1ccc(F)cc1)c1ccc(S(=O)(=O)O)c2ccccc12. The van der Waals surface area contributed by atoms with Crippen LogP contribution in [0.3, 0.4) is 0 Å². The van der Waals surface area contributed by atoms with E-state index < -0.39 is 15.9 Å². The number of fused-ring (bicyclic) bond motifs is 1. The fourth-order valence-electron chi connectivity index (χ4n) is 2.45. The van der Waals surface area contributed by atoms with Gasteiger partial charge in [0.2, 0.25) is 0 Å². The van der Waals surface area contributed by atoms with Crippen LogP contribution < -0.4 is 0 Å². The number of ketones is 1. The van der Waals surface area contributed by atoms with Gasteiger partial charge in [0.25, 0.3) is 10.1 Å². The molecular formula is C17H11FO4S. The number of hydrogen-bond acceptors (Lipinski definition) is 3. The van der Waals surface area contributed by atoms with E-state index in [0.29, 0.717) is 5.39 Å². The zero-order valence-electron chi connectivity index (χ0n) is 11.7. The minimum atomic E-state index is -4.40. The van der Waals surface area contributed by atoms with E-state index in [-0.39, 0.29) is 27.2 Å². The Morgan fingerprint density at radius 3 is 2.09 bits per heavy atom. The molecule has 0 spiro atoms. The quantitative estimate of drug-likeness (QED) is 0.590. The second kappa shape index (κ2) is 5.57. The van der Waals surface area contributed by atoms with Crippen molar-refractivity contribution in [1.29, 1.82) is 0 Å². The van der Waals surface area contributed by atoms with Crippen LogP contribution in [0.5, 0.6) is 0 Å². The van der Waals surface area contributed by atoms with Crippen LogP contribution in [0.25, 0.3) is 10.8 Å². The number of benzene rings is 3. The molecule has 0 aliphatic rings. The molecule has 0 aromatic heterocycles.